The second-order valence-corrected chi connectivity index (χ2v) is 4.09. The number of carboxylic acids is 1. The Labute approximate surface area is 112 Å². The van der Waals surface area contributed by atoms with E-state index in [0.717, 1.165) is 0 Å². The molecule has 0 aliphatic rings. The quantitative estimate of drug-likeness (QED) is 0.773. The Morgan fingerprint density at radius 2 is 2.25 bits per heavy atom. The molecule has 8 nitrogen and oxygen atoms in total. The minimum atomic E-state index is -1.12. The molecule has 0 aliphatic carbocycles. The molecule has 0 bridgehead atoms. The van der Waals surface area contributed by atoms with Gasteiger partial charge >= 0.3 is 5.97 Å². The molecular weight excluding hydrogens is 264 g/mol. The molecule has 8 heteroatoms. The van der Waals surface area contributed by atoms with Gasteiger partial charge in [0.2, 0.25) is 11.6 Å². The summed E-state index contributed by atoms with van der Waals surface area (Å²) in [7, 11) is 0. The lowest BCUT2D eigenvalue weighted by Crippen LogP contribution is -2.09. The molecule has 1 N–H and O–H groups in total. The van der Waals surface area contributed by atoms with Crippen molar-refractivity contribution >= 4 is 5.97 Å². The molecule has 0 aromatic carbocycles. The Bertz CT molecular complexity index is 728. The molecular formula is C12H10N4O4. The molecule has 20 heavy (non-hydrogen) atoms. The van der Waals surface area contributed by atoms with E-state index in [9.17, 15) is 4.79 Å². The Morgan fingerprint density at radius 1 is 1.40 bits per heavy atom. The van der Waals surface area contributed by atoms with Gasteiger partial charge in [0.05, 0.1) is 6.26 Å². The molecule has 0 radical (unpaired) electrons. The molecule has 3 aromatic rings. The summed E-state index contributed by atoms with van der Waals surface area (Å²) in [5.74, 6) is 0.0521. The van der Waals surface area contributed by atoms with Crippen molar-refractivity contribution in [1.82, 2.24) is 20.2 Å². The highest BCUT2D eigenvalue weighted by Crippen LogP contribution is 2.20. The fourth-order valence-corrected chi connectivity index (χ4v) is 1.70. The summed E-state index contributed by atoms with van der Waals surface area (Å²) in [6, 6.07) is 6.04. The first-order valence-electron chi connectivity index (χ1n) is 5.81. The fourth-order valence-electron chi connectivity index (χ4n) is 1.70. The maximum Gasteiger partial charge on any atom is 0.371 e. The predicted octanol–water partition coefficient (Wildman–Crippen LogP) is 1.83. The Hall–Kier alpha value is -2.90. The predicted molar refractivity (Wildman–Crippen MR) is 65.0 cm³/mol. The van der Waals surface area contributed by atoms with E-state index in [-0.39, 0.29) is 11.8 Å². The molecule has 1 atom stereocenters. The summed E-state index contributed by atoms with van der Waals surface area (Å²) >= 11 is 0. The highest BCUT2D eigenvalue weighted by Gasteiger charge is 2.19. The highest BCUT2D eigenvalue weighted by atomic mass is 16.4. The summed E-state index contributed by atoms with van der Waals surface area (Å²) in [5.41, 5.74) is 0. The molecule has 1 unspecified atom stereocenters. The van der Waals surface area contributed by atoms with Gasteiger partial charge in [-0.15, -0.1) is 10.2 Å². The van der Waals surface area contributed by atoms with Crippen LogP contribution in [0, 0.1) is 0 Å². The van der Waals surface area contributed by atoms with E-state index in [2.05, 4.69) is 15.4 Å². The number of aromatic nitrogens is 4. The first-order chi connectivity index (χ1) is 9.65. The van der Waals surface area contributed by atoms with Gasteiger partial charge in [0.1, 0.15) is 11.8 Å². The van der Waals surface area contributed by atoms with Gasteiger partial charge < -0.3 is 13.9 Å². The third-order valence-electron chi connectivity index (χ3n) is 2.77. The van der Waals surface area contributed by atoms with Crippen LogP contribution in [0.15, 0.2) is 39.4 Å². The summed E-state index contributed by atoms with van der Waals surface area (Å²) in [6.07, 6.45) is 1.52. The first-order valence-corrected chi connectivity index (χ1v) is 5.81. The SMILES string of the molecule is CC(c1ccc(C(=O)O)o1)n1nnc(-c2ccco2)n1. The zero-order valence-corrected chi connectivity index (χ0v) is 10.4. The number of furan rings is 2. The molecule has 0 amide bonds. The van der Waals surface area contributed by atoms with Crippen LogP contribution in [0.4, 0.5) is 0 Å². The van der Waals surface area contributed by atoms with Crippen molar-refractivity contribution in [3.05, 3.63) is 42.0 Å². The van der Waals surface area contributed by atoms with Crippen LogP contribution in [0.3, 0.4) is 0 Å². The monoisotopic (exact) mass is 274 g/mol. The molecule has 0 saturated heterocycles. The second kappa shape index (κ2) is 4.65. The standard InChI is InChI=1S/C12H10N4O4/c1-7(8-4-5-10(20-8)12(17)18)16-14-11(13-15-16)9-3-2-6-19-9/h2-7H,1H3,(H,17,18). The maximum atomic E-state index is 10.8. The number of aromatic carboxylic acids is 1. The summed E-state index contributed by atoms with van der Waals surface area (Å²) in [5, 5.41) is 20.8. The average Bonchev–Trinajstić information content (AvgIpc) is 3.17. The van der Waals surface area contributed by atoms with Crippen LogP contribution in [0.5, 0.6) is 0 Å². The Balaban J connectivity index is 1.86. The minimum absolute atomic E-state index is 0.127. The van der Waals surface area contributed by atoms with E-state index < -0.39 is 5.97 Å². The molecule has 3 rings (SSSR count). The van der Waals surface area contributed by atoms with Crippen molar-refractivity contribution in [2.75, 3.05) is 0 Å². The van der Waals surface area contributed by atoms with Gasteiger partial charge in [0, 0.05) is 0 Å². The third-order valence-corrected chi connectivity index (χ3v) is 2.77. The van der Waals surface area contributed by atoms with Crippen LogP contribution in [0.1, 0.15) is 29.3 Å². The highest BCUT2D eigenvalue weighted by molar-refractivity contribution is 5.84. The van der Waals surface area contributed by atoms with Crippen molar-refractivity contribution in [1.29, 1.82) is 0 Å². The molecule has 0 fully saturated rings. The van der Waals surface area contributed by atoms with Crippen molar-refractivity contribution in [3.63, 3.8) is 0 Å². The topological polar surface area (TPSA) is 107 Å². The number of tetrazole rings is 1. The number of hydrogen-bond acceptors (Lipinski definition) is 6. The fraction of sp³-hybridized carbons (Fsp3) is 0.167. The Morgan fingerprint density at radius 3 is 2.90 bits per heavy atom. The van der Waals surface area contributed by atoms with Crippen molar-refractivity contribution in [2.24, 2.45) is 0 Å². The number of hydrogen-bond donors (Lipinski definition) is 1. The van der Waals surface area contributed by atoms with Gasteiger partial charge in [-0.05, 0) is 36.4 Å². The van der Waals surface area contributed by atoms with Crippen LogP contribution >= 0.6 is 0 Å². The van der Waals surface area contributed by atoms with Gasteiger partial charge in [-0.2, -0.15) is 4.80 Å². The van der Waals surface area contributed by atoms with Crippen LogP contribution in [-0.2, 0) is 0 Å². The lowest BCUT2D eigenvalue weighted by atomic mass is 10.3. The van der Waals surface area contributed by atoms with E-state index in [1.54, 1.807) is 25.1 Å². The third kappa shape index (κ3) is 2.07. The normalized spacial score (nSPS) is 12.4. The summed E-state index contributed by atoms with van der Waals surface area (Å²) in [4.78, 5) is 12.1. The van der Waals surface area contributed by atoms with Gasteiger partial charge in [-0.3, -0.25) is 0 Å². The number of carboxylic acid groups (broad SMARTS) is 1. The number of nitrogens with zero attached hydrogens (tertiary/aromatic N) is 4. The number of rotatable bonds is 4. The lowest BCUT2D eigenvalue weighted by molar-refractivity contribution is 0.0659. The van der Waals surface area contributed by atoms with Gasteiger partial charge in [0.25, 0.3) is 0 Å². The average molecular weight is 274 g/mol. The van der Waals surface area contributed by atoms with E-state index in [1.165, 1.54) is 17.1 Å². The maximum absolute atomic E-state index is 10.8. The summed E-state index contributed by atoms with van der Waals surface area (Å²) < 4.78 is 10.4. The molecule has 0 saturated carbocycles. The largest absolute Gasteiger partial charge is 0.475 e. The van der Waals surface area contributed by atoms with E-state index in [4.69, 9.17) is 13.9 Å². The van der Waals surface area contributed by atoms with E-state index in [0.29, 0.717) is 17.3 Å². The van der Waals surface area contributed by atoms with Crippen LogP contribution < -0.4 is 0 Å². The zero-order chi connectivity index (χ0) is 14.1. The van der Waals surface area contributed by atoms with Gasteiger partial charge in [-0.1, -0.05) is 0 Å². The minimum Gasteiger partial charge on any atom is -0.475 e. The first kappa shape index (κ1) is 12.2. The van der Waals surface area contributed by atoms with Crippen LogP contribution in [-0.4, -0.2) is 31.3 Å². The van der Waals surface area contributed by atoms with Crippen molar-refractivity contribution < 1.29 is 18.7 Å². The zero-order valence-electron chi connectivity index (χ0n) is 10.4. The van der Waals surface area contributed by atoms with Crippen molar-refractivity contribution in [3.8, 4) is 11.6 Å². The molecule has 0 aliphatic heterocycles. The second-order valence-electron chi connectivity index (χ2n) is 4.09. The van der Waals surface area contributed by atoms with Gasteiger partial charge in [-0.25, -0.2) is 4.79 Å². The van der Waals surface area contributed by atoms with Crippen molar-refractivity contribution in [2.45, 2.75) is 13.0 Å². The Kier molecular flexibility index (Phi) is 2.82. The smallest absolute Gasteiger partial charge is 0.371 e. The van der Waals surface area contributed by atoms with Crippen LogP contribution in [0.2, 0.25) is 0 Å². The molecule has 3 aromatic heterocycles. The molecule has 0 spiro atoms. The molecule has 3 heterocycles. The van der Waals surface area contributed by atoms with Gasteiger partial charge in [0.15, 0.2) is 5.76 Å². The number of carbonyl (C=O) groups is 1. The summed E-state index contributed by atoms with van der Waals surface area (Å²) in [6.45, 7) is 1.78. The van der Waals surface area contributed by atoms with E-state index >= 15 is 0 Å². The lowest BCUT2D eigenvalue weighted by Gasteiger charge is -2.05. The molecule has 102 valence electrons. The van der Waals surface area contributed by atoms with E-state index in [1.807, 2.05) is 0 Å². The van der Waals surface area contributed by atoms with Crippen LogP contribution in [0.25, 0.3) is 11.6 Å².